The molecule has 0 aliphatic carbocycles. The van der Waals surface area contributed by atoms with E-state index in [4.69, 9.17) is 0 Å². The molecule has 9 heteroatoms. The second-order valence-corrected chi connectivity index (χ2v) is 10.1. The predicted molar refractivity (Wildman–Crippen MR) is 113 cm³/mol. The van der Waals surface area contributed by atoms with Crippen molar-refractivity contribution < 1.29 is 17.6 Å². The first-order valence-electron chi connectivity index (χ1n) is 10.8. The molecule has 3 heterocycles. The highest BCUT2D eigenvalue weighted by atomic mass is 32.2. The van der Waals surface area contributed by atoms with Gasteiger partial charge in [-0.1, -0.05) is 6.42 Å². The van der Waals surface area contributed by atoms with Crippen LogP contribution in [0.25, 0.3) is 0 Å². The number of carbonyl (C=O) groups is 1. The first-order valence-corrected chi connectivity index (χ1v) is 12.2. The molecule has 0 saturated carbocycles. The van der Waals surface area contributed by atoms with Crippen LogP contribution in [0.15, 0.2) is 35.4 Å². The zero-order chi connectivity index (χ0) is 22.0. The van der Waals surface area contributed by atoms with Crippen LogP contribution in [0, 0.1) is 12.7 Å². The number of rotatable bonds is 4. The van der Waals surface area contributed by atoms with Gasteiger partial charge < -0.3 is 4.90 Å². The van der Waals surface area contributed by atoms with E-state index in [2.05, 4.69) is 9.97 Å². The number of halogens is 1. The van der Waals surface area contributed by atoms with Crippen molar-refractivity contribution in [3.63, 3.8) is 0 Å². The number of sulfonamides is 1. The molecule has 2 fully saturated rings. The van der Waals surface area contributed by atoms with Crippen LogP contribution in [0.1, 0.15) is 66.4 Å². The van der Waals surface area contributed by atoms with Crippen LogP contribution in [-0.2, 0) is 10.0 Å². The standard InChI is InChI=1S/C22H27FN4O3S/c1-16-19(22(28)26-12-4-2-5-13-26)15-24-21(25-16)20-7-3-6-14-27(20)31(29,30)18-10-8-17(23)9-11-18/h8-11,15,20H,2-7,12-14H2,1H3/t20-/m0/s1. The number of carbonyl (C=O) groups excluding carboxylic acids is 1. The monoisotopic (exact) mass is 446 g/mol. The molecule has 1 aromatic heterocycles. The Balaban J connectivity index is 1.61. The van der Waals surface area contributed by atoms with E-state index in [0.717, 1.165) is 57.3 Å². The molecule has 2 aliphatic rings. The summed E-state index contributed by atoms with van der Waals surface area (Å²) in [6, 6.07) is 4.34. The summed E-state index contributed by atoms with van der Waals surface area (Å²) in [5.74, 6) is -0.150. The Labute approximate surface area is 182 Å². The Morgan fingerprint density at radius 3 is 2.39 bits per heavy atom. The third-order valence-corrected chi connectivity index (χ3v) is 7.97. The third-order valence-electron chi connectivity index (χ3n) is 6.04. The number of piperidine rings is 2. The van der Waals surface area contributed by atoms with E-state index >= 15 is 0 Å². The second-order valence-electron chi connectivity index (χ2n) is 8.16. The minimum absolute atomic E-state index is 0.0504. The molecule has 2 aliphatic heterocycles. The fourth-order valence-electron chi connectivity index (χ4n) is 4.32. The van der Waals surface area contributed by atoms with E-state index in [1.807, 2.05) is 4.90 Å². The maximum absolute atomic E-state index is 13.3. The lowest BCUT2D eigenvalue weighted by molar-refractivity contribution is 0.0722. The molecule has 0 radical (unpaired) electrons. The maximum atomic E-state index is 13.3. The van der Waals surface area contributed by atoms with Gasteiger partial charge in [0.15, 0.2) is 0 Å². The van der Waals surface area contributed by atoms with Gasteiger partial charge in [0, 0.05) is 25.8 Å². The van der Waals surface area contributed by atoms with Crippen molar-refractivity contribution in [2.24, 2.45) is 0 Å². The second kappa shape index (κ2) is 9.00. The predicted octanol–water partition coefficient (Wildman–Crippen LogP) is 3.47. The molecule has 2 aromatic rings. The van der Waals surface area contributed by atoms with E-state index in [1.165, 1.54) is 22.6 Å². The molecular formula is C22H27FN4O3S. The Kier molecular flexibility index (Phi) is 6.34. The molecular weight excluding hydrogens is 419 g/mol. The number of amides is 1. The number of benzene rings is 1. The van der Waals surface area contributed by atoms with E-state index in [0.29, 0.717) is 30.0 Å². The van der Waals surface area contributed by atoms with Crippen molar-refractivity contribution >= 4 is 15.9 Å². The molecule has 0 spiro atoms. The number of hydrogen-bond acceptors (Lipinski definition) is 5. The number of likely N-dealkylation sites (tertiary alicyclic amines) is 1. The quantitative estimate of drug-likeness (QED) is 0.718. The molecule has 0 unspecified atom stereocenters. The molecule has 1 amide bonds. The van der Waals surface area contributed by atoms with Crippen molar-refractivity contribution in [3.8, 4) is 0 Å². The highest BCUT2D eigenvalue weighted by molar-refractivity contribution is 7.89. The molecule has 1 aromatic carbocycles. The minimum Gasteiger partial charge on any atom is -0.339 e. The van der Waals surface area contributed by atoms with Crippen LogP contribution in [0.3, 0.4) is 0 Å². The average Bonchev–Trinajstić information content (AvgIpc) is 2.79. The molecule has 0 bridgehead atoms. The highest BCUT2D eigenvalue weighted by Gasteiger charge is 2.36. The number of aromatic nitrogens is 2. The first-order chi connectivity index (χ1) is 14.9. The van der Waals surface area contributed by atoms with Gasteiger partial charge in [0.25, 0.3) is 5.91 Å². The van der Waals surface area contributed by atoms with Crippen LogP contribution in [-0.4, -0.2) is 53.1 Å². The van der Waals surface area contributed by atoms with Crippen LogP contribution >= 0.6 is 0 Å². The summed E-state index contributed by atoms with van der Waals surface area (Å²) in [5.41, 5.74) is 1.03. The Morgan fingerprint density at radius 1 is 1.03 bits per heavy atom. The lowest BCUT2D eigenvalue weighted by atomic mass is 10.0. The van der Waals surface area contributed by atoms with Crippen molar-refractivity contribution in [2.45, 2.75) is 56.4 Å². The lowest BCUT2D eigenvalue weighted by Crippen LogP contribution is -2.39. The van der Waals surface area contributed by atoms with Crippen LogP contribution in [0.2, 0.25) is 0 Å². The highest BCUT2D eigenvalue weighted by Crippen LogP contribution is 2.34. The summed E-state index contributed by atoms with van der Waals surface area (Å²) in [5, 5.41) is 0. The van der Waals surface area contributed by atoms with E-state index < -0.39 is 21.9 Å². The van der Waals surface area contributed by atoms with Gasteiger partial charge in [-0.15, -0.1) is 0 Å². The summed E-state index contributed by atoms with van der Waals surface area (Å²) in [7, 11) is -3.82. The van der Waals surface area contributed by atoms with Crippen molar-refractivity contribution in [1.82, 2.24) is 19.2 Å². The zero-order valence-corrected chi connectivity index (χ0v) is 18.4. The molecule has 4 rings (SSSR count). The maximum Gasteiger partial charge on any atom is 0.257 e. The summed E-state index contributed by atoms with van der Waals surface area (Å²) in [4.78, 5) is 23.7. The van der Waals surface area contributed by atoms with Gasteiger partial charge in [0.05, 0.1) is 22.2 Å². The number of aryl methyl sites for hydroxylation is 1. The largest absolute Gasteiger partial charge is 0.339 e. The summed E-state index contributed by atoms with van der Waals surface area (Å²) < 4.78 is 41.2. The van der Waals surface area contributed by atoms with Crippen molar-refractivity contribution in [1.29, 1.82) is 0 Å². The van der Waals surface area contributed by atoms with Gasteiger partial charge >= 0.3 is 0 Å². The van der Waals surface area contributed by atoms with E-state index in [9.17, 15) is 17.6 Å². The summed E-state index contributed by atoms with van der Waals surface area (Å²) in [6.45, 7) is 3.60. The number of nitrogens with zero attached hydrogens (tertiary/aromatic N) is 4. The van der Waals surface area contributed by atoms with Crippen LogP contribution in [0.4, 0.5) is 4.39 Å². The van der Waals surface area contributed by atoms with E-state index in [-0.39, 0.29) is 10.8 Å². The van der Waals surface area contributed by atoms with Gasteiger partial charge in [-0.25, -0.2) is 22.8 Å². The lowest BCUT2D eigenvalue weighted by Gasteiger charge is -2.34. The third kappa shape index (κ3) is 4.48. The SMILES string of the molecule is Cc1nc([C@@H]2CCCCN2S(=O)(=O)c2ccc(F)cc2)ncc1C(=O)N1CCCCC1. The molecule has 2 saturated heterocycles. The minimum atomic E-state index is -3.82. The zero-order valence-electron chi connectivity index (χ0n) is 17.6. The Bertz CT molecular complexity index is 1050. The average molecular weight is 447 g/mol. The van der Waals surface area contributed by atoms with E-state index in [1.54, 1.807) is 6.92 Å². The molecule has 1 atom stereocenters. The van der Waals surface area contributed by atoms with Gasteiger partial charge in [-0.3, -0.25) is 4.79 Å². The summed E-state index contributed by atoms with van der Waals surface area (Å²) >= 11 is 0. The molecule has 7 nitrogen and oxygen atoms in total. The number of hydrogen-bond donors (Lipinski definition) is 0. The van der Waals surface area contributed by atoms with Gasteiger partial charge in [0.1, 0.15) is 11.6 Å². The van der Waals surface area contributed by atoms with Crippen molar-refractivity contribution in [3.05, 3.63) is 53.4 Å². The van der Waals surface area contributed by atoms with Gasteiger partial charge in [-0.2, -0.15) is 4.31 Å². The smallest absolute Gasteiger partial charge is 0.257 e. The van der Waals surface area contributed by atoms with Gasteiger partial charge in [0.2, 0.25) is 10.0 Å². The Morgan fingerprint density at radius 2 is 1.71 bits per heavy atom. The van der Waals surface area contributed by atoms with Crippen LogP contribution < -0.4 is 0 Å². The molecule has 166 valence electrons. The summed E-state index contributed by atoms with van der Waals surface area (Å²) in [6.07, 6.45) is 6.87. The van der Waals surface area contributed by atoms with Gasteiger partial charge in [-0.05, 0) is 63.3 Å². The van der Waals surface area contributed by atoms with Crippen LogP contribution in [0.5, 0.6) is 0 Å². The fourth-order valence-corrected chi connectivity index (χ4v) is 5.97. The molecule has 0 N–H and O–H groups in total. The van der Waals surface area contributed by atoms with Crippen molar-refractivity contribution in [2.75, 3.05) is 19.6 Å². The fraction of sp³-hybridized carbons (Fsp3) is 0.500. The topological polar surface area (TPSA) is 83.5 Å². The normalized spacial score (nSPS) is 20.6. The molecule has 31 heavy (non-hydrogen) atoms. The first kappa shape index (κ1) is 21.8. The Hall–Kier alpha value is -2.39.